The van der Waals surface area contributed by atoms with Crippen LogP contribution in [-0.2, 0) is 12.8 Å². The van der Waals surface area contributed by atoms with E-state index in [4.69, 9.17) is 0 Å². The molecule has 0 aliphatic heterocycles. The van der Waals surface area contributed by atoms with Gasteiger partial charge in [-0.25, -0.2) is 0 Å². The van der Waals surface area contributed by atoms with Crippen LogP contribution in [0.1, 0.15) is 25.0 Å². The van der Waals surface area contributed by atoms with Crippen molar-refractivity contribution in [3.63, 3.8) is 0 Å². The third-order valence-electron chi connectivity index (χ3n) is 5.19. The second-order valence-corrected chi connectivity index (χ2v) is 11.3. The van der Waals surface area contributed by atoms with Crippen molar-refractivity contribution in [2.75, 3.05) is 0 Å². The number of rotatable bonds is 6. The van der Waals surface area contributed by atoms with Gasteiger partial charge in [0.2, 0.25) is 0 Å². The Bertz CT molecular complexity index is 1230. The molecule has 0 amide bonds. The van der Waals surface area contributed by atoms with Crippen LogP contribution in [0.2, 0.25) is 0 Å². The molecule has 0 spiro atoms. The number of thiophene rings is 5. The summed E-state index contributed by atoms with van der Waals surface area (Å²) in [5, 5.41) is 11.3. The molecule has 29 heavy (non-hydrogen) atoms. The minimum atomic E-state index is 1.10. The van der Waals surface area contributed by atoms with E-state index in [0.717, 1.165) is 12.8 Å². The molecule has 5 heterocycles. The Morgan fingerprint density at radius 3 is 1.90 bits per heavy atom. The lowest BCUT2D eigenvalue weighted by molar-refractivity contribution is 1.06. The predicted molar refractivity (Wildman–Crippen MR) is 136 cm³/mol. The summed E-state index contributed by atoms with van der Waals surface area (Å²) >= 11 is 9.34. The van der Waals surface area contributed by atoms with Crippen LogP contribution in [0.25, 0.3) is 41.1 Å². The zero-order valence-corrected chi connectivity index (χ0v) is 20.3. The Kier molecular flexibility index (Phi) is 5.59. The van der Waals surface area contributed by atoms with Gasteiger partial charge in [-0.05, 0) is 75.1 Å². The summed E-state index contributed by atoms with van der Waals surface area (Å²) in [6.07, 6.45) is 2.22. The Hall–Kier alpha value is -1.50. The summed E-state index contributed by atoms with van der Waals surface area (Å²) in [5.74, 6) is 0. The highest BCUT2D eigenvalue weighted by atomic mass is 32.1. The van der Waals surface area contributed by atoms with Gasteiger partial charge in [-0.1, -0.05) is 19.9 Å². The molecule has 0 saturated carbocycles. The summed E-state index contributed by atoms with van der Waals surface area (Å²) in [5.41, 5.74) is 7.18. The van der Waals surface area contributed by atoms with Gasteiger partial charge in [0.15, 0.2) is 0 Å². The molecule has 0 nitrogen and oxygen atoms in total. The average molecular weight is 469 g/mol. The summed E-state index contributed by atoms with van der Waals surface area (Å²) in [6, 6.07) is 11.3. The maximum atomic E-state index is 2.36. The summed E-state index contributed by atoms with van der Waals surface area (Å²) in [6.45, 7) is 4.55. The molecule has 0 aliphatic rings. The number of hydrogen-bond donors (Lipinski definition) is 0. The van der Waals surface area contributed by atoms with Crippen molar-refractivity contribution < 1.29 is 0 Å². The van der Waals surface area contributed by atoms with E-state index in [1.54, 1.807) is 0 Å². The van der Waals surface area contributed by atoms with Gasteiger partial charge in [-0.15, -0.1) is 56.7 Å². The van der Waals surface area contributed by atoms with E-state index in [-0.39, 0.29) is 0 Å². The fraction of sp³-hybridized carbons (Fsp3) is 0.167. The Labute approximate surface area is 191 Å². The summed E-state index contributed by atoms with van der Waals surface area (Å²) in [4.78, 5) is 7.04. The SMILES string of the molecule is CCc1csc(-c2sccc2-c2sccc2-c2sccc2-c2cccs2)c1CC. The van der Waals surface area contributed by atoms with Crippen LogP contribution in [0.15, 0.2) is 57.2 Å². The van der Waals surface area contributed by atoms with E-state index < -0.39 is 0 Å². The molecule has 5 rings (SSSR count). The molecule has 0 aromatic carbocycles. The first-order valence-electron chi connectivity index (χ1n) is 9.68. The van der Waals surface area contributed by atoms with Crippen molar-refractivity contribution >= 4 is 56.7 Å². The predicted octanol–water partition coefficient (Wildman–Crippen LogP) is 9.79. The first-order chi connectivity index (χ1) is 14.3. The normalized spacial score (nSPS) is 11.4. The third kappa shape index (κ3) is 3.39. The molecule has 146 valence electrons. The molecular formula is C24H20S5. The largest absolute Gasteiger partial charge is 0.144 e. The van der Waals surface area contributed by atoms with Crippen molar-refractivity contribution in [1.82, 2.24) is 0 Å². The van der Waals surface area contributed by atoms with Gasteiger partial charge in [0, 0.05) is 36.2 Å². The van der Waals surface area contributed by atoms with E-state index >= 15 is 0 Å². The monoisotopic (exact) mass is 468 g/mol. The molecule has 0 atom stereocenters. The summed E-state index contributed by atoms with van der Waals surface area (Å²) < 4.78 is 0. The Balaban J connectivity index is 1.64. The lowest BCUT2D eigenvalue weighted by Crippen LogP contribution is -1.87. The smallest absolute Gasteiger partial charge is 0.0532 e. The van der Waals surface area contributed by atoms with Crippen LogP contribution >= 0.6 is 56.7 Å². The Morgan fingerprint density at radius 2 is 1.24 bits per heavy atom. The molecule has 0 bridgehead atoms. The number of aryl methyl sites for hydroxylation is 1. The minimum Gasteiger partial charge on any atom is -0.144 e. The van der Waals surface area contributed by atoms with Crippen molar-refractivity contribution in [1.29, 1.82) is 0 Å². The van der Waals surface area contributed by atoms with Gasteiger partial charge < -0.3 is 0 Å². The molecule has 5 heteroatoms. The standard InChI is InChI=1S/C24H20S5/c1-3-15-14-29-23(16(15)4-2)24-19(9-13-28-24)22-18(8-12-27-22)21-17(7-11-26-21)20-6-5-10-25-20/h5-14H,3-4H2,1-2H3. The highest BCUT2D eigenvalue weighted by Gasteiger charge is 2.21. The highest BCUT2D eigenvalue weighted by molar-refractivity contribution is 7.22. The van der Waals surface area contributed by atoms with E-state index in [1.807, 2.05) is 56.7 Å². The van der Waals surface area contributed by atoms with Gasteiger partial charge >= 0.3 is 0 Å². The topological polar surface area (TPSA) is 0 Å². The fourth-order valence-electron chi connectivity index (χ4n) is 3.80. The summed E-state index contributed by atoms with van der Waals surface area (Å²) in [7, 11) is 0. The third-order valence-corrected chi connectivity index (χ3v) is 10.1. The first-order valence-corrected chi connectivity index (χ1v) is 14.1. The van der Waals surface area contributed by atoms with E-state index in [2.05, 4.69) is 71.1 Å². The van der Waals surface area contributed by atoms with E-state index in [9.17, 15) is 0 Å². The lowest BCUT2D eigenvalue weighted by Gasteiger charge is -2.08. The maximum absolute atomic E-state index is 2.36. The van der Waals surface area contributed by atoms with Gasteiger partial charge in [0.25, 0.3) is 0 Å². The molecule has 5 aromatic rings. The molecule has 0 unspecified atom stereocenters. The molecule has 0 aliphatic carbocycles. The van der Waals surface area contributed by atoms with Crippen LogP contribution in [-0.4, -0.2) is 0 Å². The molecule has 0 N–H and O–H groups in total. The van der Waals surface area contributed by atoms with Crippen molar-refractivity contribution in [3.05, 3.63) is 68.4 Å². The number of hydrogen-bond acceptors (Lipinski definition) is 5. The van der Waals surface area contributed by atoms with Crippen LogP contribution in [0.3, 0.4) is 0 Å². The van der Waals surface area contributed by atoms with Crippen LogP contribution in [0, 0.1) is 0 Å². The van der Waals surface area contributed by atoms with Crippen LogP contribution in [0.5, 0.6) is 0 Å². The molecule has 0 saturated heterocycles. The van der Waals surface area contributed by atoms with E-state index in [0.29, 0.717) is 0 Å². The van der Waals surface area contributed by atoms with Crippen molar-refractivity contribution in [2.24, 2.45) is 0 Å². The van der Waals surface area contributed by atoms with Gasteiger partial charge in [0.1, 0.15) is 0 Å². The van der Waals surface area contributed by atoms with Gasteiger partial charge in [-0.2, -0.15) is 0 Å². The molecule has 0 fully saturated rings. The highest BCUT2D eigenvalue weighted by Crippen LogP contribution is 2.49. The Morgan fingerprint density at radius 1 is 0.586 bits per heavy atom. The first kappa shape index (κ1) is 19.5. The minimum absolute atomic E-state index is 1.10. The van der Waals surface area contributed by atoms with Gasteiger partial charge in [-0.3, -0.25) is 0 Å². The average Bonchev–Trinajstić information content (AvgIpc) is 3.54. The molecule has 0 radical (unpaired) electrons. The maximum Gasteiger partial charge on any atom is 0.0532 e. The van der Waals surface area contributed by atoms with Crippen LogP contribution < -0.4 is 0 Å². The quantitative estimate of drug-likeness (QED) is 0.232. The second kappa shape index (κ2) is 8.32. The van der Waals surface area contributed by atoms with E-state index in [1.165, 1.54) is 52.2 Å². The van der Waals surface area contributed by atoms with Crippen molar-refractivity contribution in [3.8, 4) is 41.1 Å². The molecular weight excluding hydrogens is 449 g/mol. The fourth-order valence-corrected chi connectivity index (χ4v) is 8.99. The van der Waals surface area contributed by atoms with Crippen molar-refractivity contribution in [2.45, 2.75) is 26.7 Å². The van der Waals surface area contributed by atoms with Crippen LogP contribution in [0.4, 0.5) is 0 Å². The lowest BCUT2D eigenvalue weighted by atomic mass is 10.0. The zero-order valence-electron chi connectivity index (χ0n) is 16.2. The molecule has 5 aromatic heterocycles. The second-order valence-electron chi connectivity index (χ2n) is 6.74. The van der Waals surface area contributed by atoms with Gasteiger partial charge in [0.05, 0.1) is 4.88 Å². The zero-order chi connectivity index (χ0) is 19.8.